The van der Waals surface area contributed by atoms with Crippen LogP contribution in [-0.4, -0.2) is 4.98 Å². The Morgan fingerprint density at radius 2 is 2.00 bits per heavy atom. The molecule has 12 heavy (non-hydrogen) atoms. The maximum atomic E-state index is 5.96. The van der Waals surface area contributed by atoms with E-state index in [-0.39, 0.29) is 12.4 Å². The average molecular weight is 227 g/mol. The predicted molar refractivity (Wildman–Crippen MR) is 55.5 cm³/mol. The highest BCUT2D eigenvalue weighted by Crippen LogP contribution is 2.21. The van der Waals surface area contributed by atoms with Crippen molar-refractivity contribution in [3.05, 3.63) is 28.0 Å². The van der Waals surface area contributed by atoms with E-state index in [0.717, 1.165) is 21.8 Å². The Hall–Kier alpha value is 0.0200. The molecule has 0 aliphatic heterocycles. The zero-order valence-corrected chi connectivity index (χ0v) is 9.22. The van der Waals surface area contributed by atoms with E-state index < -0.39 is 0 Å². The lowest BCUT2D eigenvalue weighted by atomic mass is 10.2. The van der Waals surface area contributed by atoms with Gasteiger partial charge in [0.2, 0.25) is 0 Å². The fourth-order valence-electron chi connectivity index (χ4n) is 0.885. The van der Waals surface area contributed by atoms with Crippen molar-refractivity contribution in [1.82, 2.24) is 4.98 Å². The number of nitrogens with zero attached hydrogens (tertiary/aromatic N) is 1. The van der Waals surface area contributed by atoms with Crippen LogP contribution in [0, 0.1) is 13.8 Å². The highest BCUT2D eigenvalue weighted by molar-refractivity contribution is 6.32. The van der Waals surface area contributed by atoms with Crippen molar-refractivity contribution in [1.29, 1.82) is 0 Å². The monoisotopic (exact) mass is 225 g/mol. The summed E-state index contributed by atoms with van der Waals surface area (Å²) in [7, 11) is 0. The lowest BCUT2D eigenvalue weighted by Gasteiger charge is -2.04. The Morgan fingerprint density at radius 3 is 2.50 bits per heavy atom. The number of hydrogen-bond acceptors (Lipinski definition) is 1. The van der Waals surface area contributed by atoms with Gasteiger partial charge in [0.05, 0.1) is 11.6 Å². The highest BCUT2D eigenvalue weighted by atomic mass is 35.5. The van der Waals surface area contributed by atoms with E-state index in [0.29, 0.717) is 5.88 Å². The molecule has 0 amide bonds. The van der Waals surface area contributed by atoms with Crippen LogP contribution in [0.25, 0.3) is 0 Å². The van der Waals surface area contributed by atoms with Gasteiger partial charge in [-0.15, -0.1) is 24.0 Å². The third-order valence-corrected chi connectivity index (χ3v) is 2.48. The molecule has 0 fully saturated rings. The Bertz CT molecular complexity index is 273. The number of pyridine rings is 1. The molecule has 0 aliphatic carbocycles. The first-order valence-electron chi connectivity index (χ1n) is 3.33. The number of aryl methyl sites for hydroxylation is 1. The molecule has 0 radical (unpaired) electrons. The lowest BCUT2D eigenvalue weighted by Crippen LogP contribution is -1.92. The fourth-order valence-corrected chi connectivity index (χ4v) is 1.31. The van der Waals surface area contributed by atoms with Crippen molar-refractivity contribution in [3.8, 4) is 0 Å². The molecular weight excluding hydrogens is 216 g/mol. The lowest BCUT2D eigenvalue weighted by molar-refractivity contribution is 1.10. The van der Waals surface area contributed by atoms with Crippen LogP contribution in [0.15, 0.2) is 6.20 Å². The molecule has 0 N–H and O–H groups in total. The number of aromatic nitrogens is 1. The zero-order chi connectivity index (χ0) is 8.43. The first-order valence-corrected chi connectivity index (χ1v) is 4.24. The molecule has 1 rings (SSSR count). The van der Waals surface area contributed by atoms with Crippen molar-refractivity contribution in [2.75, 3.05) is 0 Å². The van der Waals surface area contributed by atoms with Crippen LogP contribution in [0.1, 0.15) is 16.8 Å². The van der Waals surface area contributed by atoms with Crippen LogP contribution < -0.4 is 0 Å². The maximum absolute atomic E-state index is 5.96. The maximum Gasteiger partial charge on any atom is 0.0650 e. The van der Waals surface area contributed by atoms with E-state index >= 15 is 0 Å². The second-order valence-corrected chi connectivity index (χ2v) is 3.11. The van der Waals surface area contributed by atoms with Gasteiger partial charge in [-0.1, -0.05) is 11.6 Å². The standard InChI is InChI=1S/C8H9Cl2N.ClH/c1-5-4-11-7(3-9)6(2)8(5)10;/h4H,3H2,1-2H3;1H. The topological polar surface area (TPSA) is 12.9 Å². The molecule has 0 saturated heterocycles. The van der Waals surface area contributed by atoms with Crippen molar-refractivity contribution < 1.29 is 0 Å². The number of alkyl halides is 1. The van der Waals surface area contributed by atoms with E-state index in [4.69, 9.17) is 23.2 Å². The van der Waals surface area contributed by atoms with Crippen LogP contribution in [-0.2, 0) is 5.88 Å². The van der Waals surface area contributed by atoms with Crippen molar-refractivity contribution >= 4 is 35.6 Å². The van der Waals surface area contributed by atoms with Crippen LogP contribution >= 0.6 is 35.6 Å². The molecule has 1 nitrogen and oxygen atoms in total. The quantitative estimate of drug-likeness (QED) is 0.668. The van der Waals surface area contributed by atoms with Gasteiger partial charge in [-0.05, 0) is 25.0 Å². The van der Waals surface area contributed by atoms with Crippen molar-refractivity contribution in [2.45, 2.75) is 19.7 Å². The Morgan fingerprint density at radius 1 is 1.42 bits per heavy atom. The molecular formula is C8H10Cl3N. The first kappa shape index (κ1) is 12.0. The highest BCUT2D eigenvalue weighted by Gasteiger charge is 2.04. The summed E-state index contributed by atoms with van der Waals surface area (Å²) in [5, 5.41) is 0.774. The summed E-state index contributed by atoms with van der Waals surface area (Å²) in [4.78, 5) is 4.14. The minimum absolute atomic E-state index is 0. The summed E-state index contributed by atoms with van der Waals surface area (Å²) in [6.45, 7) is 3.86. The third-order valence-electron chi connectivity index (χ3n) is 1.65. The number of halogens is 3. The molecule has 68 valence electrons. The minimum Gasteiger partial charge on any atom is -0.259 e. The second kappa shape index (κ2) is 4.90. The largest absolute Gasteiger partial charge is 0.259 e. The Balaban J connectivity index is 0.00000121. The molecule has 0 saturated carbocycles. The third kappa shape index (κ3) is 2.25. The van der Waals surface area contributed by atoms with Gasteiger partial charge < -0.3 is 0 Å². The summed E-state index contributed by atoms with van der Waals surface area (Å²) in [6, 6.07) is 0. The van der Waals surface area contributed by atoms with E-state index in [1.807, 2.05) is 13.8 Å². The fraction of sp³-hybridized carbons (Fsp3) is 0.375. The van der Waals surface area contributed by atoms with Gasteiger partial charge in [0.15, 0.2) is 0 Å². The molecule has 0 bridgehead atoms. The smallest absolute Gasteiger partial charge is 0.0650 e. The van der Waals surface area contributed by atoms with Gasteiger partial charge >= 0.3 is 0 Å². The Labute approximate surface area is 88.5 Å². The molecule has 0 atom stereocenters. The van der Waals surface area contributed by atoms with E-state index in [1.165, 1.54) is 0 Å². The van der Waals surface area contributed by atoms with Gasteiger partial charge in [-0.2, -0.15) is 0 Å². The van der Waals surface area contributed by atoms with E-state index in [9.17, 15) is 0 Å². The number of hydrogen-bond donors (Lipinski definition) is 0. The molecule has 0 spiro atoms. The Kier molecular flexibility index (Phi) is 4.91. The minimum atomic E-state index is 0. The van der Waals surface area contributed by atoms with Gasteiger partial charge in [-0.25, -0.2) is 0 Å². The molecule has 0 aliphatic rings. The summed E-state index contributed by atoms with van der Waals surface area (Å²) < 4.78 is 0. The van der Waals surface area contributed by atoms with Crippen LogP contribution in [0.2, 0.25) is 5.02 Å². The van der Waals surface area contributed by atoms with Crippen LogP contribution in [0.3, 0.4) is 0 Å². The van der Waals surface area contributed by atoms with Crippen molar-refractivity contribution in [3.63, 3.8) is 0 Å². The number of rotatable bonds is 1. The van der Waals surface area contributed by atoms with E-state index in [2.05, 4.69) is 4.98 Å². The van der Waals surface area contributed by atoms with Gasteiger partial charge in [0.1, 0.15) is 0 Å². The summed E-state index contributed by atoms with van der Waals surface area (Å²) in [6.07, 6.45) is 1.74. The van der Waals surface area contributed by atoms with Crippen molar-refractivity contribution in [2.24, 2.45) is 0 Å². The normalized spacial score (nSPS) is 9.33. The summed E-state index contributed by atoms with van der Waals surface area (Å²) >= 11 is 11.6. The second-order valence-electron chi connectivity index (χ2n) is 2.46. The zero-order valence-electron chi connectivity index (χ0n) is 6.90. The van der Waals surface area contributed by atoms with Gasteiger partial charge in [0.25, 0.3) is 0 Å². The molecule has 0 aromatic carbocycles. The molecule has 4 heteroatoms. The first-order chi connectivity index (χ1) is 5.16. The SMILES string of the molecule is Cc1cnc(CCl)c(C)c1Cl.Cl. The predicted octanol–water partition coefficient (Wildman–Crippen LogP) is 3.51. The van der Waals surface area contributed by atoms with E-state index in [1.54, 1.807) is 6.20 Å². The average Bonchev–Trinajstić information content (AvgIpc) is 2.01. The van der Waals surface area contributed by atoms with Crippen LogP contribution in [0.4, 0.5) is 0 Å². The molecule has 1 aromatic rings. The van der Waals surface area contributed by atoms with Gasteiger partial charge in [-0.3, -0.25) is 4.98 Å². The van der Waals surface area contributed by atoms with Gasteiger partial charge in [0, 0.05) is 11.2 Å². The molecule has 1 aromatic heterocycles. The summed E-state index contributed by atoms with van der Waals surface area (Å²) in [5.41, 5.74) is 2.85. The van der Waals surface area contributed by atoms with Crippen LogP contribution in [0.5, 0.6) is 0 Å². The molecule has 1 heterocycles. The summed E-state index contributed by atoms with van der Waals surface area (Å²) in [5.74, 6) is 0.422. The molecule has 0 unspecified atom stereocenters.